The predicted molar refractivity (Wildman–Crippen MR) is 88.5 cm³/mol. The Morgan fingerprint density at radius 3 is 2.50 bits per heavy atom. The number of unbranched alkanes of at least 4 members (excludes halogenated alkanes) is 3. The Hall–Kier alpha value is -2.16. The smallest absolute Gasteiger partial charge is 0.211 e. The number of carbonyl (C=O) groups is 1. The van der Waals surface area contributed by atoms with E-state index in [1.807, 2.05) is 31.2 Å². The molecule has 0 radical (unpaired) electrons. The van der Waals surface area contributed by atoms with Crippen molar-refractivity contribution >= 4 is 5.78 Å². The molecule has 2 rings (SSSR count). The van der Waals surface area contributed by atoms with Crippen molar-refractivity contribution in [3.05, 3.63) is 59.4 Å². The molecule has 0 bridgehead atoms. The average molecular weight is 297 g/mol. The van der Waals surface area contributed by atoms with Crippen molar-refractivity contribution in [3.63, 3.8) is 0 Å². The van der Waals surface area contributed by atoms with Gasteiger partial charge < -0.3 is 4.74 Å². The summed E-state index contributed by atoms with van der Waals surface area (Å²) in [6.45, 7) is 4.80. The van der Waals surface area contributed by atoms with Gasteiger partial charge >= 0.3 is 0 Å². The minimum atomic E-state index is -0.0572. The third-order valence-corrected chi connectivity index (χ3v) is 3.50. The van der Waals surface area contributed by atoms with E-state index in [9.17, 15) is 4.79 Å². The summed E-state index contributed by atoms with van der Waals surface area (Å²) in [6, 6.07) is 12.8. The Bertz CT molecular complexity index is 605. The lowest BCUT2D eigenvalue weighted by molar-refractivity contribution is 0.103. The third-order valence-electron chi connectivity index (χ3n) is 3.50. The van der Waals surface area contributed by atoms with Gasteiger partial charge in [0.15, 0.2) is 0 Å². The number of benzene rings is 1. The molecule has 0 fully saturated rings. The minimum Gasteiger partial charge on any atom is -0.494 e. The minimum absolute atomic E-state index is 0.0572. The maximum atomic E-state index is 12.3. The number of ether oxygens (including phenoxy) is 1. The van der Waals surface area contributed by atoms with Crippen molar-refractivity contribution < 1.29 is 9.53 Å². The Morgan fingerprint density at radius 2 is 1.82 bits per heavy atom. The first-order valence-electron chi connectivity index (χ1n) is 7.92. The molecule has 1 aromatic carbocycles. The Morgan fingerprint density at radius 1 is 1.05 bits per heavy atom. The molecular formula is C19H23NO2. The largest absolute Gasteiger partial charge is 0.494 e. The van der Waals surface area contributed by atoms with Crippen LogP contribution in [0.1, 0.15) is 54.4 Å². The quantitative estimate of drug-likeness (QED) is 0.529. The highest BCUT2D eigenvalue weighted by Gasteiger charge is 2.10. The number of nitrogens with zero attached hydrogens (tertiary/aromatic N) is 1. The molecule has 0 amide bonds. The Labute approximate surface area is 132 Å². The molecule has 2 aromatic rings. The molecule has 0 saturated carbocycles. The van der Waals surface area contributed by atoms with Crippen LogP contribution in [0.5, 0.6) is 5.75 Å². The van der Waals surface area contributed by atoms with Gasteiger partial charge in [-0.1, -0.05) is 32.3 Å². The van der Waals surface area contributed by atoms with Crippen LogP contribution in [0.2, 0.25) is 0 Å². The molecule has 0 spiro atoms. The molecule has 22 heavy (non-hydrogen) atoms. The van der Waals surface area contributed by atoms with Crippen molar-refractivity contribution in [2.24, 2.45) is 0 Å². The van der Waals surface area contributed by atoms with Crippen LogP contribution >= 0.6 is 0 Å². The summed E-state index contributed by atoms with van der Waals surface area (Å²) < 4.78 is 5.69. The van der Waals surface area contributed by atoms with Crippen molar-refractivity contribution in [3.8, 4) is 5.75 Å². The number of pyridine rings is 1. The molecule has 116 valence electrons. The van der Waals surface area contributed by atoms with E-state index in [-0.39, 0.29) is 5.78 Å². The lowest BCUT2D eigenvalue weighted by Gasteiger charge is -2.07. The summed E-state index contributed by atoms with van der Waals surface area (Å²) in [5, 5.41) is 0. The number of hydrogen-bond donors (Lipinski definition) is 0. The van der Waals surface area contributed by atoms with Gasteiger partial charge in [-0.15, -0.1) is 0 Å². The van der Waals surface area contributed by atoms with Crippen LogP contribution < -0.4 is 4.74 Å². The van der Waals surface area contributed by atoms with E-state index in [1.165, 1.54) is 19.3 Å². The van der Waals surface area contributed by atoms with Crippen LogP contribution in [0.4, 0.5) is 0 Å². The second-order valence-electron chi connectivity index (χ2n) is 5.43. The first-order valence-corrected chi connectivity index (χ1v) is 7.92. The highest BCUT2D eigenvalue weighted by Crippen LogP contribution is 2.15. The third kappa shape index (κ3) is 4.69. The Kier molecular flexibility index (Phi) is 6.13. The van der Waals surface area contributed by atoms with E-state index < -0.39 is 0 Å². The molecule has 0 atom stereocenters. The van der Waals surface area contributed by atoms with E-state index >= 15 is 0 Å². The second kappa shape index (κ2) is 8.32. The number of aromatic nitrogens is 1. The number of rotatable bonds is 8. The van der Waals surface area contributed by atoms with Crippen LogP contribution in [-0.2, 0) is 0 Å². The summed E-state index contributed by atoms with van der Waals surface area (Å²) in [5.41, 5.74) is 1.96. The van der Waals surface area contributed by atoms with E-state index in [2.05, 4.69) is 11.9 Å². The lowest BCUT2D eigenvalue weighted by Crippen LogP contribution is -2.05. The van der Waals surface area contributed by atoms with Gasteiger partial charge in [0.2, 0.25) is 5.78 Å². The van der Waals surface area contributed by atoms with Gasteiger partial charge in [-0.2, -0.15) is 0 Å². The van der Waals surface area contributed by atoms with E-state index in [0.717, 1.165) is 24.5 Å². The molecule has 0 aliphatic rings. The molecule has 0 aliphatic carbocycles. The van der Waals surface area contributed by atoms with Gasteiger partial charge in [-0.25, -0.2) is 4.98 Å². The average Bonchev–Trinajstić information content (AvgIpc) is 2.54. The van der Waals surface area contributed by atoms with Gasteiger partial charge in [-0.05, 0) is 49.7 Å². The van der Waals surface area contributed by atoms with Gasteiger partial charge in [0.1, 0.15) is 11.4 Å². The zero-order valence-electron chi connectivity index (χ0n) is 13.3. The molecular weight excluding hydrogens is 274 g/mol. The fraction of sp³-hybridized carbons (Fsp3) is 0.368. The Balaban J connectivity index is 1.92. The maximum absolute atomic E-state index is 12.3. The molecule has 3 heteroatoms. The van der Waals surface area contributed by atoms with Crippen LogP contribution in [0, 0.1) is 6.92 Å². The highest BCUT2D eigenvalue weighted by atomic mass is 16.5. The van der Waals surface area contributed by atoms with Gasteiger partial charge in [-0.3, -0.25) is 4.79 Å². The van der Waals surface area contributed by atoms with Gasteiger partial charge in [0.25, 0.3) is 0 Å². The van der Waals surface area contributed by atoms with Crippen molar-refractivity contribution in [2.45, 2.75) is 39.5 Å². The summed E-state index contributed by atoms with van der Waals surface area (Å²) in [7, 11) is 0. The standard InChI is InChI=1S/C19H23NO2/c1-3-4-5-6-14-22-17-12-10-16(11-13-17)19(21)18-9-7-8-15(2)20-18/h7-13H,3-6,14H2,1-2H3. The molecule has 3 nitrogen and oxygen atoms in total. The van der Waals surface area contributed by atoms with Crippen molar-refractivity contribution in [1.82, 2.24) is 4.98 Å². The van der Waals surface area contributed by atoms with E-state index in [4.69, 9.17) is 4.74 Å². The lowest BCUT2D eigenvalue weighted by atomic mass is 10.1. The van der Waals surface area contributed by atoms with Crippen LogP contribution in [0.3, 0.4) is 0 Å². The molecule has 0 N–H and O–H groups in total. The number of hydrogen-bond acceptors (Lipinski definition) is 3. The normalized spacial score (nSPS) is 10.5. The first-order chi connectivity index (χ1) is 10.7. The summed E-state index contributed by atoms with van der Waals surface area (Å²) in [6.07, 6.45) is 4.75. The number of ketones is 1. The first kappa shape index (κ1) is 16.2. The van der Waals surface area contributed by atoms with E-state index in [1.54, 1.807) is 18.2 Å². The second-order valence-corrected chi connectivity index (χ2v) is 5.43. The van der Waals surface area contributed by atoms with Crippen molar-refractivity contribution in [2.75, 3.05) is 6.61 Å². The SMILES string of the molecule is CCCCCCOc1ccc(C(=O)c2cccc(C)n2)cc1. The van der Waals surface area contributed by atoms with Crippen LogP contribution in [0.15, 0.2) is 42.5 Å². The van der Waals surface area contributed by atoms with Gasteiger partial charge in [0, 0.05) is 11.3 Å². The van der Waals surface area contributed by atoms with Crippen LogP contribution in [0.25, 0.3) is 0 Å². The topological polar surface area (TPSA) is 39.2 Å². The zero-order chi connectivity index (χ0) is 15.8. The molecule has 0 saturated heterocycles. The van der Waals surface area contributed by atoms with Gasteiger partial charge in [0.05, 0.1) is 6.61 Å². The number of carbonyl (C=O) groups excluding carboxylic acids is 1. The van der Waals surface area contributed by atoms with Crippen molar-refractivity contribution in [1.29, 1.82) is 0 Å². The van der Waals surface area contributed by atoms with E-state index in [0.29, 0.717) is 11.3 Å². The molecule has 0 unspecified atom stereocenters. The maximum Gasteiger partial charge on any atom is 0.211 e. The zero-order valence-corrected chi connectivity index (χ0v) is 13.3. The highest BCUT2D eigenvalue weighted by molar-refractivity contribution is 6.07. The molecule has 0 aliphatic heterocycles. The monoisotopic (exact) mass is 297 g/mol. The summed E-state index contributed by atoms with van der Waals surface area (Å²) >= 11 is 0. The number of aryl methyl sites for hydroxylation is 1. The summed E-state index contributed by atoms with van der Waals surface area (Å²) in [5.74, 6) is 0.753. The fourth-order valence-corrected chi connectivity index (χ4v) is 2.24. The predicted octanol–water partition coefficient (Wildman–Crippen LogP) is 4.58. The molecule has 1 heterocycles. The fourth-order valence-electron chi connectivity index (χ4n) is 2.24. The molecule has 1 aromatic heterocycles. The summed E-state index contributed by atoms with van der Waals surface area (Å²) in [4.78, 5) is 16.6. The van der Waals surface area contributed by atoms with Crippen LogP contribution in [-0.4, -0.2) is 17.4 Å².